The van der Waals surface area contributed by atoms with Gasteiger partial charge in [-0.1, -0.05) is 72.8 Å². The fourth-order valence-corrected chi connectivity index (χ4v) is 8.25. The highest BCUT2D eigenvalue weighted by atomic mass is 19.4. The number of carbonyl (C=O) groups is 3. The van der Waals surface area contributed by atoms with E-state index in [1.54, 1.807) is 12.1 Å². The van der Waals surface area contributed by atoms with Gasteiger partial charge in [-0.3, -0.25) is 19.9 Å². The Balaban J connectivity index is 0.890. The van der Waals surface area contributed by atoms with Gasteiger partial charge < -0.3 is 24.5 Å². The molecule has 4 aromatic carbocycles. The standard InChI is InChI=1S/C47H46F7N5O7/c48-41-31(9-6-10-32(41)28-59-23-19-33(20-24-59)64-45(63)56-37-12-5-4-11-34(37)30-7-2-1-3-8-30)27-58-21-17-29(18-22-58)25-55-26-39(66-44(62)47(52,53)54)35-13-15-38(65-43(61)46(49,50)51)42-36(35)14-16-40(60)57-42/h1-16,29,33,39,55H,17-28H2,(H,56,63)(H,57,60)/t39-/m0/s1. The molecule has 7 rings (SSSR count). The first-order chi connectivity index (χ1) is 31.5. The number of carbonyl (C=O) groups excluding carboxylic acids is 3. The average Bonchev–Trinajstić information content (AvgIpc) is 3.28. The van der Waals surface area contributed by atoms with Crippen LogP contribution in [-0.2, 0) is 32.2 Å². The van der Waals surface area contributed by atoms with Crippen LogP contribution in [0.2, 0.25) is 0 Å². The number of amides is 1. The van der Waals surface area contributed by atoms with Crippen LogP contribution in [0.1, 0.15) is 48.5 Å². The molecule has 2 aliphatic rings. The van der Waals surface area contributed by atoms with E-state index in [-0.39, 0.29) is 35.3 Å². The third-order valence-corrected chi connectivity index (χ3v) is 11.6. The van der Waals surface area contributed by atoms with Gasteiger partial charge in [-0.2, -0.15) is 26.3 Å². The number of pyridine rings is 1. The lowest BCUT2D eigenvalue weighted by atomic mass is 9.95. The molecule has 1 amide bonds. The first-order valence-electron chi connectivity index (χ1n) is 21.3. The smallest absolute Gasteiger partial charge is 0.449 e. The van der Waals surface area contributed by atoms with Crippen molar-refractivity contribution in [1.82, 2.24) is 20.1 Å². The predicted molar refractivity (Wildman–Crippen MR) is 229 cm³/mol. The first-order valence-corrected chi connectivity index (χ1v) is 21.3. The average molecular weight is 926 g/mol. The molecule has 12 nitrogen and oxygen atoms in total. The predicted octanol–water partition coefficient (Wildman–Crippen LogP) is 8.66. The Morgan fingerprint density at radius 1 is 0.727 bits per heavy atom. The van der Waals surface area contributed by atoms with Crippen molar-refractivity contribution in [3.05, 3.63) is 130 Å². The number of H-pyrrole nitrogens is 1. The number of halogens is 7. The van der Waals surface area contributed by atoms with E-state index >= 15 is 4.39 Å². The zero-order valence-corrected chi connectivity index (χ0v) is 35.4. The summed E-state index contributed by atoms with van der Waals surface area (Å²) in [5, 5.41) is 5.80. The number of esters is 2. The van der Waals surface area contributed by atoms with E-state index in [1.165, 1.54) is 0 Å². The first kappa shape index (κ1) is 47.6. The molecule has 350 valence electrons. The molecule has 1 atom stereocenters. The highest BCUT2D eigenvalue weighted by Crippen LogP contribution is 2.34. The van der Waals surface area contributed by atoms with Crippen molar-refractivity contribution in [1.29, 1.82) is 0 Å². The van der Waals surface area contributed by atoms with E-state index < -0.39 is 53.3 Å². The number of rotatable bonds is 14. The summed E-state index contributed by atoms with van der Waals surface area (Å²) in [4.78, 5) is 55.0. The number of piperidine rings is 2. The van der Waals surface area contributed by atoms with Crippen LogP contribution in [-0.4, -0.2) is 90.5 Å². The van der Waals surface area contributed by atoms with Crippen LogP contribution in [0.5, 0.6) is 5.75 Å². The van der Waals surface area contributed by atoms with Crippen molar-refractivity contribution < 1.29 is 59.3 Å². The molecule has 0 aliphatic carbocycles. The molecule has 66 heavy (non-hydrogen) atoms. The molecular weight excluding hydrogens is 880 g/mol. The number of hydrogen-bond donors (Lipinski definition) is 3. The van der Waals surface area contributed by atoms with Crippen LogP contribution >= 0.6 is 0 Å². The summed E-state index contributed by atoms with van der Waals surface area (Å²) in [6, 6.07) is 26.5. The van der Waals surface area contributed by atoms with Crippen LogP contribution in [0, 0.1) is 11.7 Å². The second-order valence-corrected chi connectivity index (χ2v) is 16.2. The van der Waals surface area contributed by atoms with Crippen molar-refractivity contribution in [2.45, 2.75) is 63.3 Å². The van der Waals surface area contributed by atoms with Gasteiger partial charge >= 0.3 is 30.4 Å². The highest BCUT2D eigenvalue weighted by molar-refractivity contribution is 5.92. The molecule has 3 heterocycles. The van der Waals surface area contributed by atoms with Crippen molar-refractivity contribution in [2.24, 2.45) is 5.92 Å². The summed E-state index contributed by atoms with van der Waals surface area (Å²) in [5.74, 6) is -6.07. The minimum Gasteiger partial charge on any atom is -0.449 e. The Bertz CT molecular complexity index is 2560. The maximum Gasteiger partial charge on any atom is 0.491 e. The second kappa shape index (κ2) is 20.9. The van der Waals surface area contributed by atoms with Crippen LogP contribution in [0.15, 0.2) is 102 Å². The van der Waals surface area contributed by atoms with E-state index in [2.05, 4.69) is 30.2 Å². The molecule has 0 spiro atoms. The number of aromatic amines is 1. The summed E-state index contributed by atoms with van der Waals surface area (Å²) in [6.45, 7) is 3.11. The number of para-hydroxylation sites is 1. The summed E-state index contributed by atoms with van der Waals surface area (Å²) < 4.78 is 110. The zero-order chi connectivity index (χ0) is 47.0. The Morgan fingerprint density at radius 3 is 2.00 bits per heavy atom. The van der Waals surface area contributed by atoms with Gasteiger partial charge in [0.1, 0.15) is 18.0 Å². The van der Waals surface area contributed by atoms with Crippen molar-refractivity contribution in [2.75, 3.05) is 44.6 Å². The van der Waals surface area contributed by atoms with E-state index in [4.69, 9.17) is 9.47 Å². The Hall–Kier alpha value is -6.31. The minimum atomic E-state index is -5.38. The Labute approximate surface area is 374 Å². The van der Waals surface area contributed by atoms with Crippen LogP contribution < -0.4 is 20.9 Å². The lowest BCUT2D eigenvalue weighted by molar-refractivity contribution is -0.205. The topological polar surface area (TPSA) is 142 Å². The third-order valence-electron chi connectivity index (χ3n) is 11.6. The van der Waals surface area contributed by atoms with E-state index in [1.807, 2.05) is 60.7 Å². The van der Waals surface area contributed by atoms with Crippen LogP contribution in [0.25, 0.3) is 22.0 Å². The summed E-state index contributed by atoms with van der Waals surface area (Å²) in [7, 11) is 0. The van der Waals surface area contributed by atoms with Crippen molar-refractivity contribution in [3.8, 4) is 16.9 Å². The minimum absolute atomic E-state index is 0.0386. The van der Waals surface area contributed by atoms with Gasteiger partial charge in [-0.25, -0.2) is 18.8 Å². The normalized spacial score (nSPS) is 16.2. The number of aromatic nitrogens is 1. The largest absolute Gasteiger partial charge is 0.491 e. The maximum atomic E-state index is 15.9. The van der Waals surface area contributed by atoms with E-state index in [9.17, 15) is 45.5 Å². The fourth-order valence-electron chi connectivity index (χ4n) is 8.25. The van der Waals surface area contributed by atoms with Gasteiger partial charge in [-0.15, -0.1) is 0 Å². The van der Waals surface area contributed by atoms with Gasteiger partial charge in [0.05, 0.1) is 11.2 Å². The second-order valence-electron chi connectivity index (χ2n) is 16.2. The number of anilines is 1. The van der Waals surface area contributed by atoms with Crippen LogP contribution in [0.4, 0.5) is 41.2 Å². The molecule has 1 aromatic heterocycles. The molecule has 0 radical (unpaired) electrons. The number of likely N-dealkylation sites (tertiary alicyclic amines) is 2. The number of ether oxygens (including phenoxy) is 3. The molecule has 2 saturated heterocycles. The number of alkyl halides is 6. The number of nitrogens with one attached hydrogen (secondary N) is 3. The van der Waals surface area contributed by atoms with Crippen molar-refractivity contribution in [3.63, 3.8) is 0 Å². The summed E-state index contributed by atoms with van der Waals surface area (Å²) >= 11 is 0. The molecule has 3 N–H and O–H groups in total. The lowest BCUT2D eigenvalue weighted by Gasteiger charge is -2.33. The molecule has 19 heteroatoms. The monoisotopic (exact) mass is 925 g/mol. The lowest BCUT2D eigenvalue weighted by Crippen LogP contribution is -2.39. The van der Waals surface area contributed by atoms with Gasteiger partial charge in [0.2, 0.25) is 5.56 Å². The Morgan fingerprint density at radius 2 is 1.35 bits per heavy atom. The third kappa shape index (κ3) is 12.3. The molecule has 0 unspecified atom stereocenters. The highest BCUT2D eigenvalue weighted by Gasteiger charge is 2.44. The molecular formula is C47H46F7N5O7. The Kier molecular flexibility index (Phi) is 15.1. The van der Waals surface area contributed by atoms with Gasteiger partial charge in [0, 0.05) is 66.4 Å². The molecule has 5 aromatic rings. The molecule has 2 aliphatic heterocycles. The summed E-state index contributed by atoms with van der Waals surface area (Å²) in [5.41, 5.74) is 2.26. The zero-order valence-electron chi connectivity index (χ0n) is 35.4. The van der Waals surface area contributed by atoms with Gasteiger partial charge in [0.15, 0.2) is 5.75 Å². The SMILES string of the molecule is O=C(Nc1ccccc1-c1ccccc1)OC1CCN(Cc2cccc(CN3CCC(CNC[C@H](OC(=O)C(F)(F)F)c4ccc(OC(=O)C(F)(F)F)c5[nH]c(=O)ccc45)CC3)c2F)CC1. The quantitative estimate of drug-likeness (QED) is 0.0563. The van der Waals surface area contributed by atoms with Crippen molar-refractivity contribution >= 4 is 34.6 Å². The number of nitrogens with zero attached hydrogens (tertiary/aromatic N) is 2. The fraction of sp³-hybridized carbons (Fsp3) is 0.362. The molecule has 0 bridgehead atoms. The van der Waals surface area contributed by atoms with Gasteiger partial charge in [-0.05, 0) is 75.0 Å². The van der Waals surface area contributed by atoms with E-state index in [0.717, 1.165) is 35.4 Å². The van der Waals surface area contributed by atoms with Crippen LogP contribution in [0.3, 0.4) is 0 Å². The van der Waals surface area contributed by atoms with E-state index in [0.29, 0.717) is 88.3 Å². The number of fused-ring (bicyclic) bond motifs is 1. The molecule has 2 fully saturated rings. The maximum absolute atomic E-state index is 15.9. The summed E-state index contributed by atoms with van der Waals surface area (Å²) in [6.07, 6.45) is -10.7. The number of benzene rings is 4. The van der Waals surface area contributed by atoms with Gasteiger partial charge in [0.25, 0.3) is 0 Å². The number of hydrogen-bond acceptors (Lipinski definition) is 10. The molecule has 0 saturated carbocycles.